The summed E-state index contributed by atoms with van der Waals surface area (Å²) in [6, 6.07) is 8.59. The molecule has 0 bridgehead atoms. The summed E-state index contributed by atoms with van der Waals surface area (Å²) in [4.78, 5) is 1.28. The van der Waals surface area contributed by atoms with E-state index in [1.807, 2.05) is 17.8 Å². The lowest BCUT2D eigenvalue weighted by Crippen LogP contribution is -2.23. The molecule has 1 saturated heterocycles. The number of halogens is 1. The van der Waals surface area contributed by atoms with Gasteiger partial charge in [-0.05, 0) is 60.2 Å². The molecular weight excluding hydrogens is 322 g/mol. The molecule has 2 N–H and O–H groups in total. The van der Waals surface area contributed by atoms with Crippen molar-refractivity contribution >= 4 is 27.7 Å². The fourth-order valence-electron chi connectivity index (χ4n) is 2.32. The minimum absolute atomic E-state index is 0.276. The Morgan fingerprint density at radius 3 is 3.00 bits per heavy atom. The SMILES string of the molecule is NC(CCCC1CCCO1)CSc1ccccc1Br. The Labute approximate surface area is 128 Å². The van der Waals surface area contributed by atoms with E-state index in [4.69, 9.17) is 10.5 Å². The zero-order chi connectivity index (χ0) is 13.5. The van der Waals surface area contributed by atoms with E-state index in [0.717, 1.165) is 23.3 Å². The van der Waals surface area contributed by atoms with Crippen molar-refractivity contribution in [3.63, 3.8) is 0 Å². The maximum atomic E-state index is 6.18. The lowest BCUT2D eigenvalue weighted by molar-refractivity contribution is 0.102. The topological polar surface area (TPSA) is 35.2 Å². The van der Waals surface area contributed by atoms with Gasteiger partial charge in [0.15, 0.2) is 0 Å². The van der Waals surface area contributed by atoms with Crippen LogP contribution < -0.4 is 5.73 Å². The van der Waals surface area contributed by atoms with E-state index in [1.165, 1.54) is 30.6 Å². The summed E-state index contributed by atoms with van der Waals surface area (Å²) in [7, 11) is 0. The van der Waals surface area contributed by atoms with E-state index in [9.17, 15) is 0 Å². The van der Waals surface area contributed by atoms with E-state index in [-0.39, 0.29) is 6.04 Å². The first-order valence-corrected chi connectivity index (χ1v) is 8.78. The molecule has 2 nitrogen and oxygen atoms in total. The summed E-state index contributed by atoms with van der Waals surface area (Å²) in [5.41, 5.74) is 6.18. The third-order valence-electron chi connectivity index (χ3n) is 3.41. The highest BCUT2D eigenvalue weighted by Gasteiger charge is 2.15. The van der Waals surface area contributed by atoms with Gasteiger partial charge in [-0.2, -0.15) is 0 Å². The van der Waals surface area contributed by atoms with Crippen LogP contribution in [0.4, 0.5) is 0 Å². The number of benzene rings is 1. The molecule has 1 fully saturated rings. The largest absolute Gasteiger partial charge is 0.378 e. The quantitative estimate of drug-likeness (QED) is 0.753. The lowest BCUT2D eigenvalue weighted by Gasteiger charge is -2.13. The van der Waals surface area contributed by atoms with Crippen molar-refractivity contribution in [1.82, 2.24) is 0 Å². The Morgan fingerprint density at radius 1 is 1.42 bits per heavy atom. The molecular formula is C15H22BrNOS. The molecule has 0 saturated carbocycles. The van der Waals surface area contributed by atoms with Gasteiger partial charge in [0.25, 0.3) is 0 Å². The van der Waals surface area contributed by atoms with Gasteiger partial charge < -0.3 is 10.5 Å². The van der Waals surface area contributed by atoms with Crippen LogP contribution in [0.3, 0.4) is 0 Å². The predicted molar refractivity (Wildman–Crippen MR) is 85.7 cm³/mol. The number of rotatable bonds is 7. The third kappa shape index (κ3) is 5.46. The van der Waals surface area contributed by atoms with Crippen LogP contribution in [0.25, 0.3) is 0 Å². The molecule has 0 amide bonds. The van der Waals surface area contributed by atoms with Crippen molar-refractivity contribution in [2.75, 3.05) is 12.4 Å². The Morgan fingerprint density at radius 2 is 2.26 bits per heavy atom. The Bertz CT molecular complexity index is 382. The lowest BCUT2D eigenvalue weighted by atomic mass is 10.1. The molecule has 1 aliphatic rings. The molecule has 19 heavy (non-hydrogen) atoms. The predicted octanol–water partition coefficient (Wildman–Crippen LogP) is 4.22. The molecule has 0 radical (unpaired) electrons. The van der Waals surface area contributed by atoms with Gasteiger partial charge in [0, 0.05) is 27.8 Å². The van der Waals surface area contributed by atoms with Crippen molar-refractivity contribution in [2.24, 2.45) is 5.73 Å². The van der Waals surface area contributed by atoms with Crippen LogP contribution in [0.15, 0.2) is 33.6 Å². The summed E-state index contributed by atoms with van der Waals surface area (Å²) >= 11 is 5.40. The van der Waals surface area contributed by atoms with Crippen LogP contribution >= 0.6 is 27.7 Å². The van der Waals surface area contributed by atoms with Gasteiger partial charge in [-0.3, -0.25) is 0 Å². The first kappa shape index (κ1) is 15.4. The van der Waals surface area contributed by atoms with Crippen molar-refractivity contribution in [3.05, 3.63) is 28.7 Å². The molecule has 1 aromatic carbocycles. The molecule has 0 aromatic heterocycles. The van der Waals surface area contributed by atoms with Gasteiger partial charge in [0.05, 0.1) is 6.10 Å². The zero-order valence-electron chi connectivity index (χ0n) is 11.2. The Balaban J connectivity index is 1.61. The highest BCUT2D eigenvalue weighted by Crippen LogP contribution is 2.28. The van der Waals surface area contributed by atoms with Gasteiger partial charge in [0.2, 0.25) is 0 Å². The molecule has 2 rings (SSSR count). The molecule has 2 unspecified atom stereocenters. The number of nitrogens with two attached hydrogens (primary N) is 1. The molecule has 106 valence electrons. The van der Waals surface area contributed by atoms with Crippen LogP contribution in [0.1, 0.15) is 32.1 Å². The number of thioether (sulfide) groups is 1. The van der Waals surface area contributed by atoms with Gasteiger partial charge in [-0.1, -0.05) is 12.1 Å². The van der Waals surface area contributed by atoms with Crippen LogP contribution in [-0.4, -0.2) is 24.5 Å². The van der Waals surface area contributed by atoms with Crippen molar-refractivity contribution < 1.29 is 4.74 Å². The van der Waals surface area contributed by atoms with Crippen LogP contribution in [0.2, 0.25) is 0 Å². The van der Waals surface area contributed by atoms with Crippen LogP contribution in [0.5, 0.6) is 0 Å². The van der Waals surface area contributed by atoms with E-state index >= 15 is 0 Å². The van der Waals surface area contributed by atoms with Gasteiger partial charge in [-0.25, -0.2) is 0 Å². The van der Waals surface area contributed by atoms with Gasteiger partial charge >= 0.3 is 0 Å². The van der Waals surface area contributed by atoms with Crippen LogP contribution in [0, 0.1) is 0 Å². The smallest absolute Gasteiger partial charge is 0.0576 e. The summed E-state index contributed by atoms with van der Waals surface area (Å²) < 4.78 is 6.79. The molecule has 1 aliphatic heterocycles. The Hall–Kier alpha value is -0.0300. The second kappa shape index (κ2) is 8.30. The highest BCUT2D eigenvalue weighted by molar-refractivity contribution is 9.10. The molecule has 0 spiro atoms. The first-order valence-electron chi connectivity index (χ1n) is 7.00. The maximum absolute atomic E-state index is 6.18. The second-order valence-electron chi connectivity index (χ2n) is 5.07. The molecule has 4 heteroatoms. The standard InChI is InChI=1S/C15H22BrNOS/c16-14-8-1-2-9-15(14)19-11-12(17)5-3-6-13-7-4-10-18-13/h1-2,8-9,12-13H,3-7,10-11,17H2. The number of hydrogen-bond donors (Lipinski definition) is 1. The highest BCUT2D eigenvalue weighted by atomic mass is 79.9. The van der Waals surface area contributed by atoms with Crippen molar-refractivity contribution in [1.29, 1.82) is 0 Å². The number of ether oxygens (including phenoxy) is 1. The average molecular weight is 344 g/mol. The summed E-state index contributed by atoms with van der Waals surface area (Å²) in [5.74, 6) is 0.980. The maximum Gasteiger partial charge on any atom is 0.0576 e. The third-order valence-corrected chi connectivity index (χ3v) is 5.63. The van der Waals surface area contributed by atoms with Crippen molar-refractivity contribution in [2.45, 2.75) is 49.1 Å². The summed E-state index contributed by atoms with van der Waals surface area (Å²) in [6.07, 6.45) is 6.42. The summed E-state index contributed by atoms with van der Waals surface area (Å²) in [6.45, 7) is 0.953. The fraction of sp³-hybridized carbons (Fsp3) is 0.600. The minimum atomic E-state index is 0.276. The minimum Gasteiger partial charge on any atom is -0.378 e. The second-order valence-corrected chi connectivity index (χ2v) is 6.98. The zero-order valence-corrected chi connectivity index (χ0v) is 13.6. The molecule has 1 aromatic rings. The normalized spacial score (nSPS) is 20.6. The number of hydrogen-bond acceptors (Lipinski definition) is 3. The van der Waals surface area contributed by atoms with Gasteiger partial charge in [0.1, 0.15) is 0 Å². The molecule has 0 aliphatic carbocycles. The molecule has 1 heterocycles. The first-order chi connectivity index (χ1) is 9.25. The average Bonchev–Trinajstić information content (AvgIpc) is 2.91. The van der Waals surface area contributed by atoms with E-state index in [0.29, 0.717) is 6.10 Å². The Kier molecular flexibility index (Phi) is 6.71. The van der Waals surface area contributed by atoms with Crippen LogP contribution in [-0.2, 0) is 4.74 Å². The molecule has 2 atom stereocenters. The van der Waals surface area contributed by atoms with Crippen molar-refractivity contribution in [3.8, 4) is 0 Å². The van der Waals surface area contributed by atoms with Gasteiger partial charge in [-0.15, -0.1) is 11.8 Å². The fourth-order valence-corrected chi connectivity index (χ4v) is 3.89. The van der Waals surface area contributed by atoms with E-state index in [1.54, 1.807) is 0 Å². The van der Waals surface area contributed by atoms with E-state index in [2.05, 4.69) is 34.1 Å². The summed E-state index contributed by atoms with van der Waals surface area (Å²) in [5, 5.41) is 0. The van der Waals surface area contributed by atoms with E-state index < -0.39 is 0 Å². The monoisotopic (exact) mass is 343 g/mol.